The van der Waals surface area contributed by atoms with E-state index in [0.29, 0.717) is 17.9 Å². The van der Waals surface area contributed by atoms with E-state index < -0.39 is 0 Å². The van der Waals surface area contributed by atoms with Crippen LogP contribution in [0.5, 0.6) is 0 Å². The van der Waals surface area contributed by atoms with E-state index in [1.807, 2.05) is 0 Å². The maximum atomic E-state index is 12.7. The fourth-order valence-electron chi connectivity index (χ4n) is 5.10. The number of likely N-dealkylation sites (tertiary alicyclic amines) is 1. The first-order valence-corrected chi connectivity index (χ1v) is 9.53. The third kappa shape index (κ3) is 3.22. The zero-order valence-electron chi connectivity index (χ0n) is 14.4. The maximum absolute atomic E-state index is 12.7. The van der Waals surface area contributed by atoms with Crippen LogP contribution >= 0.6 is 0 Å². The predicted molar refractivity (Wildman–Crippen MR) is 95.2 cm³/mol. The molecule has 1 aliphatic heterocycles. The summed E-state index contributed by atoms with van der Waals surface area (Å²) in [6.07, 6.45) is 5.71. The summed E-state index contributed by atoms with van der Waals surface area (Å²) in [6.45, 7) is 3.13. The molecule has 2 saturated carbocycles. The number of benzene rings is 1. The summed E-state index contributed by atoms with van der Waals surface area (Å²) in [7, 11) is 0. The molecule has 0 spiro atoms. The molecule has 1 saturated heterocycles. The van der Waals surface area contributed by atoms with Crippen molar-refractivity contribution in [3.05, 3.63) is 35.9 Å². The van der Waals surface area contributed by atoms with Crippen LogP contribution in [0.3, 0.4) is 0 Å². The second kappa shape index (κ2) is 6.85. The molecule has 1 amide bonds. The number of hydrogen-bond donors (Lipinski definition) is 2. The average molecular weight is 327 g/mol. The zero-order valence-corrected chi connectivity index (χ0v) is 14.4. The van der Waals surface area contributed by atoms with Crippen molar-refractivity contribution in [1.82, 2.24) is 10.2 Å². The summed E-state index contributed by atoms with van der Waals surface area (Å²) >= 11 is 0. The molecule has 4 unspecified atom stereocenters. The molecule has 4 atom stereocenters. The van der Waals surface area contributed by atoms with Gasteiger partial charge < -0.3 is 11.1 Å². The number of amides is 1. The highest BCUT2D eigenvalue weighted by Crippen LogP contribution is 2.47. The SMILES string of the molecule is NC1C2CCC(C2)C1C(=O)NC1CCN(Cc2ccccc2)CC1. The number of carbonyl (C=O) groups is 1. The molecule has 0 aromatic heterocycles. The van der Waals surface area contributed by atoms with Crippen molar-refractivity contribution in [2.75, 3.05) is 13.1 Å². The lowest BCUT2D eigenvalue weighted by atomic mass is 9.84. The van der Waals surface area contributed by atoms with Gasteiger partial charge in [0.15, 0.2) is 0 Å². The minimum absolute atomic E-state index is 0.0751. The van der Waals surface area contributed by atoms with Gasteiger partial charge in [-0.3, -0.25) is 9.69 Å². The van der Waals surface area contributed by atoms with Gasteiger partial charge in [-0.05, 0) is 49.5 Å². The number of nitrogens with two attached hydrogens (primary N) is 1. The summed E-state index contributed by atoms with van der Waals surface area (Å²) in [5.74, 6) is 1.45. The third-order valence-electron chi connectivity index (χ3n) is 6.47. The highest BCUT2D eigenvalue weighted by molar-refractivity contribution is 5.80. The molecule has 2 aliphatic carbocycles. The highest BCUT2D eigenvalue weighted by atomic mass is 16.2. The summed E-state index contributed by atoms with van der Waals surface area (Å²) in [5.41, 5.74) is 7.68. The Kier molecular flexibility index (Phi) is 4.59. The summed E-state index contributed by atoms with van der Waals surface area (Å²) < 4.78 is 0. The van der Waals surface area contributed by atoms with Crippen LogP contribution in [0.4, 0.5) is 0 Å². The van der Waals surface area contributed by atoms with Gasteiger partial charge >= 0.3 is 0 Å². The highest BCUT2D eigenvalue weighted by Gasteiger charge is 2.49. The molecule has 3 fully saturated rings. The Morgan fingerprint density at radius 1 is 1.08 bits per heavy atom. The van der Waals surface area contributed by atoms with Gasteiger partial charge in [0.25, 0.3) is 0 Å². The van der Waals surface area contributed by atoms with E-state index in [9.17, 15) is 4.79 Å². The molecular weight excluding hydrogens is 298 g/mol. The van der Waals surface area contributed by atoms with Crippen LogP contribution in [-0.4, -0.2) is 36.0 Å². The number of rotatable bonds is 4. The van der Waals surface area contributed by atoms with E-state index in [2.05, 4.69) is 40.5 Å². The summed E-state index contributed by atoms with van der Waals surface area (Å²) in [5, 5.41) is 3.31. The average Bonchev–Trinajstić information content (AvgIpc) is 3.18. The Labute approximate surface area is 144 Å². The lowest BCUT2D eigenvalue weighted by Gasteiger charge is -2.34. The number of carbonyl (C=O) groups excluding carboxylic acids is 1. The van der Waals surface area contributed by atoms with Crippen LogP contribution < -0.4 is 11.1 Å². The van der Waals surface area contributed by atoms with Gasteiger partial charge in [-0.15, -0.1) is 0 Å². The molecule has 0 radical (unpaired) electrons. The Bertz CT molecular complexity index is 566. The molecule has 4 rings (SSSR count). The van der Waals surface area contributed by atoms with Crippen molar-refractivity contribution in [1.29, 1.82) is 0 Å². The van der Waals surface area contributed by atoms with E-state index in [-0.39, 0.29) is 17.9 Å². The van der Waals surface area contributed by atoms with Gasteiger partial charge in [0.1, 0.15) is 0 Å². The predicted octanol–water partition coefficient (Wildman–Crippen LogP) is 2.14. The van der Waals surface area contributed by atoms with Crippen LogP contribution in [0, 0.1) is 17.8 Å². The smallest absolute Gasteiger partial charge is 0.225 e. The molecule has 3 aliphatic rings. The maximum Gasteiger partial charge on any atom is 0.225 e. The number of nitrogens with one attached hydrogen (secondary N) is 1. The molecular formula is C20H29N3O. The fraction of sp³-hybridized carbons (Fsp3) is 0.650. The molecule has 2 bridgehead atoms. The van der Waals surface area contributed by atoms with Crippen LogP contribution in [0.2, 0.25) is 0 Å². The second-order valence-electron chi connectivity index (χ2n) is 7.98. The van der Waals surface area contributed by atoms with Gasteiger partial charge in [-0.1, -0.05) is 30.3 Å². The molecule has 1 aromatic carbocycles. The Morgan fingerprint density at radius 3 is 2.46 bits per heavy atom. The lowest BCUT2D eigenvalue weighted by molar-refractivity contribution is -0.128. The molecule has 3 N–H and O–H groups in total. The Hall–Kier alpha value is -1.39. The number of nitrogens with zero attached hydrogens (tertiary/aromatic N) is 1. The molecule has 130 valence electrons. The molecule has 24 heavy (non-hydrogen) atoms. The topological polar surface area (TPSA) is 58.4 Å². The van der Waals surface area contributed by atoms with Gasteiger partial charge in [0.05, 0.1) is 5.92 Å². The third-order valence-corrected chi connectivity index (χ3v) is 6.47. The largest absolute Gasteiger partial charge is 0.353 e. The van der Waals surface area contributed by atoms with E-state index in [4.69, 9.17) is 5.73 Å². The van der Waals surface area contributed by atoms with Gasteiger partial charge in [0, 0.05) is 31.7 Å². The normalized spacial score (nSPS) is 33.7. The quantitative estimate of drug-likeness (QED) is 0.891. The van der Waals surface area contributed by atoms with E-state index in [0.717, 1.165) is 32.5 Å². The first-order chi connectivity index (χ1) is 11.7. The van der Waals surface area contributed by atoms with Crippen molar-refractivity contribution < 1.29 is 4.79 Å². The lowest BCUT2D eigenvalue weighted by Crippen LogP contribution is -2.50. The Balaban J connectivity index is 1.25. The molecule has 1 aromatic rings. The zero-order chi connectivity index (χ0) is 16.5. The second-order valence-corrected chi connectivity index (χ2v) is 7.98. The fourth-order valence-corrected chi connectivity index (χ4v) is 5.10. The molecule has 4 nitrogen and oxygen atoms in total. The van der Waals surface area contributed by atoms with Crippen molar-refractivity contribution >= 4 is 5.91 Å². The first-order valence-electron chi connectivity index (χ1n) is 9.53. The van der Waals surface area contributed by atoms with Crippen molar-refractivity contribution in [3.63, 3.8) is 0 Å². The minimum Gasteiger partial charge on any atom is -0.353 e. The monoisotopic (exact) mass is 327 g/mol. The van der Waals surface area contributed by atoms with E-state index in [1.54, 1.807) is 0 Å². The van der Waals surface area contributed by atoms with Crippen molar-refractivity contribution in [2.24, 2.45) is 23.5 Å². The standard InChI is InChI=1S/C20H29N3O/c21-19-16-7-6-15(12-16)18(19)20(24)22-17-8-10-23(11-9-17)13-14-4-2-1-3-5-14/h1-5,15-19H,6-13,21H2,(H,22,24). The van der Waals surface area contributed by atoms with Gasteiger partial charge in [-0.2, -0.15) is 0 Å². The van der Waals surface area contributed by atoms with Crippen LogP contribution in [-0.2, 0) is 11.3 Å². The first kappa shape index (κ1) is 16.1. The van der Waals surface area contributed by atoms with Gasteiger partial charge in [0.2, 0.25) is 5.91 Å². The van der Waals surface area contributed by atoms with Crippen LogP contribution in [0.15, 0.2) is 30.3 Å². The van der Waals surface area contributed by atoms with E-state index >= 15 is 0 Å². The molecule has 1 heterocycles. The number of piperidine rings is 1. The number of hydrogen-bond acceptors (Lipinski definition) is 3. The van der Waals surface area contributed by atoms with Crippen molar-refractivity contribution in [3.8, 4) is 0 Å². The van der Waals surface area contributed by atoms with Crippen LogP contribution in [0.1, 0.15) is 37.7 Å². The van der Waals surface area contributed by atoms with Crippen LogP contribution in [0.25, 0.3) is 0 Å². The van der Waals surface area contributed by atoms with Crippen molar-refractivity contribution in [2.45, 2.75) is 50.7 Å². The Morgan fingerprint density at radius 2 is 1.79 bits per heavy atom. The summed E-state index contributed by atoms with van der Waals surface area (Å²) in [6, 6.07) is 11.1. The number of fused-ring (bicyclic) bond motifs is 2. The molecule has 4 heteroatoms. The van der Waals surface area contributed by atoms with Gasteiger partial charge in [-0.25, -0.2) is 0 Å². The minimum atomic E-state index is 0.0751. The van der Waals surface area contributed by atoms with E-state index in [1.165, 1.54) is 24.8 Å². The summed E-state index contributed by atoms with van der Waals surface area (Å²) in [4.78, 5) is 15.2.